The van der Waals surface area contributed by atoms with Gasteiger partial charge in [-0.25, -0.2) is 5.01 Å². The summed E-state index contributed by atoms with van der Waals surface area (Å²) >= 11 is 0. The Hall–Kier alpha value is -3.32. The fourth-order valence-corrected chi connectivity index (χ4v) is 3.19. The van der Waals surface area contributed by atoms with Gasteiger partial charge in [0.2, 0.25) is 6.35 Å². The number of aromatic nitrogens is 2. The van der Waals surface area contributed by atoms with Gasteiger partial charge in [-0.05, 0) is 24.6 Å². The molecule has 1 atom stereocenters. The van der Waals surface area contributed by atoms with Gasteiger partial charge in [0.05, 0.1) is 19.0 Å². The van der Waals surface area contributed by atoms with Crippen molar-refractivity contribution < 1.29 is 9.84 Å². The molecule has 2 N–H and O–H groups in total. The molecule has 3 aromatic rings. The summed E-state index contributed by atoms with van der Waals surface area (Å²) in [4.78, 5) is 1.85. The number of hydrazone groups is 1. The predicted molar refractivity (Wildman–Crippen MR) is 104 cm³/mol. The summed E-state index contributed by atoms with van der Waals surface area (Å²) < 4.78 is 5.54. The van der Waals surface area contributed by atoms with Gasteiger partial charge in [0.15, 0.2) is 0 Å². The lowest BCUT2D eigenvalue weighted by atomic mass is 10.1. The number of aliphatic hydroxyl groups excluding tert-OH is 1. The van der Waals surface area contributed by atoms with Gasteiger partial charge in [-0.1, -0.05) is 30.3 Å². The maximum Gasteiger partial charge on any atom is 0.229 e. The van der Waals surface area contributed by atoms with Crippen LogP contribution in [0.25, 0.3) is 11.1 Å². The minimum atomic E-state index is -0.880. The number of aliphatic hydroxyl groups is 1. The molecule has 0 spiro atoms. The molecule has 7 nitrogen and oxygen atoms in total. The minimum absolute atomic E-state index is 0.581. The number of nitrogens with one attached hydrogen (secondary N) is 1. The summed E-state index contributed by atoms with van der Waals surface area (Å²) in [6, 6.07) is 15.7. The van der Waals surface area contributed by atoms with Gasteiger partial charge in [0, 0.05) is 29.9 Å². The first-order valence-electron chi connectivity index (χ1n) is 8.67. The number of rotatable bonds is 5. The number of methoxy groups -OCH3 is 1. The first-order chi connectivity index (χ1) is 13.2. The molecule has 1 unspecified atom stereocenters. The van der Waals surface area contributed by atoms with Crippen LogP contribution in [0.2, 0.25) is 0 Å². The summed E-state index contributed by atoms with van der Waals surface area (Å²) in [5, 5.41) is 23.8. The molecule has 0 saturated carbocycles. The first-order valence-corrected chi connectivity index (χ1v) is 8.67. The van der Waals surface area contributed by atoms with Crippen LogP contribution in [0.3, 0.4) is 0 Å². The highest BCUT2D eigenvalue weighted by Crippen LogP contribution is 2.35. The van der Waals surface area contributed by atoms with Crippen LogP contribution in [0, 0.1) is 0 Å². The molecule has 27 heavy (non-hydrogen) atoms. The fraction of sp³-hybridized carbons (Fsp3) is 0.200. The SMILES string of the molecule is COc1cc(N2N=C(C)N(Cc3ccccc3)C2O)ccc1-c1cn[nH]c1. The minimum Gasteiger partial charge on any atom is -0.496 e. The van der Waals surface area contributed by atoms with E-state index >= 15 is 0 Å². The van der Waals surface area contributed by atoms with Crippen molar-refractivity contribution in [2.45, 2.75) is 19.8 Å². The second kappa shape index (κ2) is 7.13. The number of ether oxygens (including phenoxy) is 1. The molecule has 4 rings (SSSR count). The zero-order valence-electron chi connectivity index (χ0n) is 15.2. The molecule has 138 valence electrons. The van der Waals surface area contributed by atoms with E-state index in [1.54, 1.807) is 18.3 Å². The molecule has 1 aliphatic heterocycles. The zero-order chi connectivity index (χ0) is 18.8. The van der Waals surface area contributed by atoms with Gasteiger partial charge in [-0.3, -0.25) is 5.10 Å². The van der Waals surface area contributed by atoms with Crippen molar-refractivity contribution in [1.82, 2.24) is 15.1 Å². The Morgan fingerprint density at radius 1 is 1.19 bits per heavy atom. The number of aromatic amines is 1. The molecule has 0 fully saturated rings. The molecule has 0 amide bonds. The van der Waals surface area contributed by atoms with Crippen LogP contribution in [-0.2, 0) is 6.54 Å². The third kappa shape index (κ3) is 3.24. The smallest absolute Gasteiger partial charge is 0.229 e. The molecule has 1 aromatic heterocycles. The van der Waals surface area contributed by atoms with E-state index in [4.69, 9.17) is 4.74 Å². The lowest BCUT2D eigenvalue weighted by molar-refractivity contribution is 0.0602. The third-order valence-electron chi connectivity index (χ3n) is 4.62. The number of benzene rings is 2. The summed E-state index contributed by atoms with van der Waals surface area (Å²) in [5.74, 6) is 1.44. The number of anilines is 1. The van der Waals surface area contributed by atoms with Gasteiger partial charge in [-0.15, -0.1) is 0 Å². The highest BCUT2D eigenvalue weighted by atomic mass is 16.5. The van der Waals surface area contributed by atoms with Crippen molar-refractivity contribution in [3.8, 4) is 16.9 Å². The molecule has 0 saturated heterocycles. The summed E-state index contributed by atoms with van der Waals surface area (Å²) in [7, 11) is 1.62. The van der Waals surface area contributed by atoms with E-state index in [0.29, 0.717) is 12.3 Å². The van der Waals surface area contributed by atoms with Crippen LogP contribution in [0.15, 0.2) is 66.0 Å². The second-order valence-corrected chi connectivity index (χ2v) is 6.32. The average Bonchev–Trinajstić information content (AvgIpc) is 3.32. The van der Waals surface area contributed by atoms with Crippen molar-refractivity contribution in [3.05, 3.63) is 66.5 Å². The highest BCUT2D eigenvalue weighted by molar-refractivity contribution is 5.84. The molecular weight excluding hydrogens is 342 g/mol. The fourth-order valence-electron chi connectivity index (χ4n) is 3.19. The van der Waals surface area contributed by atoms with E-state index in [-0.39, 0.29) is 0 Å². The Morgan fingerprint density at radius 2 is 2.00 bits per heavy atom. The third-order valence-corrected chi connectivity index (χ3v) is 4.62. The van der Waals surface area contributed by atoms with Crippen LogP contribution in [0.4, 0.5) is 5.69 Å². The zero-order valence-corrected chi connectivity index (χ0v) is 15.2. The first kappa shape index (κ1) is 17.1. The van der Waals surface area contributed by atoms with Gasteiger partial charge in [0.25, 0.3) is 0 Å². The maximum atomic E-state index is 10.8. The summed E-state index contributed by atoms with van der Waals surface area (Å²) in [6.45, 7) is 2.47. The largest absolute Gasteiger partial charge is 0.496 e. The number of amidine groups is 1. The average molecular weight is 363 g/mol. The molecule has 0 aliphatic carbocycles. The van der Waals surface area contributed by atoms with Crippen molar-refractivity contribution in [2.24, 2.45) is 5.10 Å². The molecular formula is C20H21N5O2. The van der Waals surface area contributed by atoms with E-state index in [1.807, 2.05) is 66.6 Å². The van der Waals surface area contributed by atoms with Gasteiger partial charge < -0.3 is 14.7 Å². The van der Waals surface area contributed by atoms with Gasteiger partial charge in [0.1, 0.15) is 11.6 Å². The standard InChI is InChI=1S/C20H21N5O2/c1-14-23-25(20(26)24(14)13-15-6-4-3-5-7-15)17-8-9-18(19(10-17)27-2)16-11-21-22-12-16/h3-12,20,26H,13H2,1-2H3,(H,21,22). The normalized spacial score (nSPS) is 16.6. The van der Waals surface area contributed by atoms with E-state index in [1.165, 1.54) is 0 Å². The molecule has 0 radical (unpaired) electrons. The Balaban J connectivity index is 1.60. The number of hydrogen-bond donors (Lipinski definition) is 2. The van der Waals surface area contributed by atoms with E-state index < -0.39 is 6.35 Å². The van der Waals surface area contributed by atoms with Crippen LogP contribution in [0.5, 0.6) is 5.75 Å². The van der Waals surface area contributed by atoms with Crippen molar-refractivity contribution in [3.63, 3.8) is 0 Å². The lowest BCUT2D eigenvalue weighted by Crippen LogP contribution is -2.41. The molecule has 1 aliphatic rings. The van der Waals surface area contributed by atoms with Gasteiger partial charge >= 0.3 is 0 Å². The Kier molecular flexibility index (Phi) is 4.52. The maximum absolute atomic E-state index is 10.8. The molecule has 0 bridgehead atoms. The Bertz CT molecular complexity index is 940. The topological polar surface area (TPSA) is 77.0 Å². The van der Waals surface area contributed by atoms with Crippen LogP contribution in [0.1, 0.15) is 12.5 Å². The van der Waals surface area contributed by atoms with E-state index in [2.05, 4.69) is 15.3 Å². The van der Waals surface area contributed by atoms with Crippen molar-refractivity contribution in [1.29, 1.82) is 0 Å². The highest BCUT2D eigenvalue weighted by Gasteiger charge is 2.31. The summed E-state index contributed by atoms with van der Waals surface area (Å²) in [5.41, 5.74) is 3.72. The van der Waals surface area contributed by atoms with E-state index in [0.717, 1.165) is 28.2 Å². The summed E-state index contributed by atoms with van der Waals surface area (Å²) in [6.07, 6.45) is 2.67. The van der Waals surface area contributed by atoms with Crippen molar-refractivity contribution in [2.75, 3.05) is 12.1 Å². The second-order valence-electron chi connectivity index (χ2n) is 6.32. The number of hydrogen-bond acceptors (Lipinski definition) is 6. The van der Waals surface area contributed by atoms with Gasteiger partial charge in [-0.2, -0.15) is 10.2 Å². The van der Waals surface area contributed by atoms with Crippen molar-refractivity contribution >= 4 is 11.5 Å². The molecule has 7 heteroatoms. The number of nitrogens with zero attached hydrogens (tertiary/aromatic N) is 4. The lowest BCUT2D eigenvalue weighted by Gasteiger charge is -2.27. The Morgan fingerprint density at radius 3 is 2.70 bits per heavy atom. The number of H-pyrrole nitrogens is 1. The quantitative estimate of drug-likeness (QED) is 0.729. The van der Waals surface area contributed by atoms with Crippen LogP contribution >= 0.6 is 0 Å². The van der Waals surface area contributed by atoms with Crippen LogP contribution in [-0.4, -0.2) is 39.5 Å². The molecule has 2 aromatic carbocycles. The Labute approximate surface area is 157 Å². The molecule has 2 heterocycles. The predicted octanol–water partition coefficient (Wildman–Crippen LogP) is 3.02. The van der Waals surface area contributed by atoms with Crippen LogP contribution < -0.4 is 9.75 Å². The monoisotopic (exact) mass is 363 g/mol. The van der Waals surface area contributed by atoms with E-state index in [9.17, 15) is 5.11 Å².